The van der Waals surface area contributed by atoms with Crippen LogP contribution in [0, 0.1) is 0 Å². The maximum Gasteiger partial charge on any atom is 0.0622 e. The van der Waals surface area contributed by atoms with Crippen LogP contribution in [0.2, 0.25) is 0 Å². The Kier molecular flexibility index (Phi) is 4.09. The van der Waals surface area contributed by atoms with Gasteiger partial charge in [-0.3, -0.25) is 4.90 Å². The molecule has 0 saturated carbocycles. The molecule has 2 aliphatic heterocycles. The Morgan fingerprint density at radius 1 is 1.36 bits per heavy atom. The summed E-state index contributed by atoms with van der Waals surface area (Å²) in [6, 6.07) is 1.50. The Morgan fingerprint density at radius 3 is 3.00 bits per heavy atom. The number of halogens is 1. The van der Waals surface area contributed by atoms with Crippen LogP contribution in [0.5, 0.6) is 0 Å². The predicted molar refractivity (Wildman–Crippen MR) is 58.9 cm³/mol. The van der Waals surface area contributed by atoms with Gasteiger partial charge in [-0.25, -0.2) is 0 Å². The van der Waals surface area contributed by atoms with Crippen LogP contribution in [0.3, 0.4) is 0 Å². The fourth-order valence-corrected chi connectivity index (χ4v) is 2.90. The van der Waals surface area contributed by atoms with Crippen molar-refractivity contribution in [1.82, 2.24) is 4.90 Å². The smallest absolute Gasteiger partial charge is 0.0622 e. The van der Waals surface area contributed by atoms with Gasteiger partial charge in [0.05, 0.1) is 6.61 Å². The van der Waals surface area contributed by atoms with Crippen LogP contribution in [-0.2, 0) is 4.74 Å². The van der Waals surface area contributed by atoms with Gasteiger partial charge in [-0.15, -0.1) is 11.6 Å². The van der Waals surface area contributed by atoms with E-state index in [0.29, 0.717) is 6.04 Å². The Balaban J connectivity index is 1.82. The van der Waals surface area contributed by atoms with E-state index in [9.17, 15) is 0 Å². The lowest BCUT2D eigenvalue weighted by Gasteiger charge is -2.29. The van der Waals surface area contributed by atoms with Crippen molar-refractivity contribution < 1.29 is 4.74 Å². The van der Waals surface area contributed by atoms with E-state index >= 15 is 0 Å². The molecular weight excluding hydrogens is 198 g/mol. The summed E-state index contributed by atoms with van der Waals surface area (Å²) in [5, 5.41) is 0. The minimum atomic E-state index is 0.706. The second-order valence-electron chi connectivity index (χ2n) is 4.38. The van der Waals surface area contributed by atoms with Crippen LogP contribution in [0.4, 0.5) is 0 Å². The molecule has 0 aromatic carbocycles. The molecule has 2 heterocycles. The van der Waals surface area contributed by atoms with E-state index in [1.807, 2.05) is 0 Å². The molecule has 82 valence electrons. The highest BCUT2D eigenvalue weighted by Gasteiger charge is 2.32. The van der Waals surface area contributed by atoms with E-state index in [4.69, 9.17) is 16.3 Å². The number of ether oxygens (including phenoxy) is 1. The minimum Gasteiger partial charge on any atom is -0.380 e. The maximum absolute atomic E-state index is 5.74. The van der Waals surface area contributed by atoms with E-state index in [0.717, 1.165) is 31.6 Å². The van der Waals surface area contributed by atoms with Crippen molar-refractivity contribution in [2.45, 2.75) is 44.2 Å². The average Bonchev–Trinajstić information content (AvgIpc) is 2.84. The summed E-state index contributed by atoms with van der Waals surface area (Å²) >= 11 is 5.74. The number of hydrogen-bond acceptors (Lipinski definition) is 2. The molecule has 0 amide bonds. The molecule has 2 fully saturated rings. The predicted octanol–water partition coefficient (Wildman–Crippen LogP) is 2.26. The van der Waals surface area contributed by atoms with E-state index in [2.05, 4.69) is 4.90 Å². The third-order valence-electron chi connectivity index (χ3n) is 3.47. The van der Waals surface area contributed by atoms with E-state index in [1.165, 1.54) is 32.2 Å². The molecule has 0 N–H and O–H groups in total. The summed E-state index contributed by atoms with van der Waals surface area (Å²) in [6.07, 6.45) is 6.41. The first-order chi connectivity index (χ1) is 6.92. The first-order valence-electron chi connectivity index (χ1n) is 5.81. The molecule has 0 aliphatic carbocycles. The van der Waals surface area contributed by atoms with Gasteiger partial charge in [0.1, 0.15) is 0 Å². The van der Waals surface area contributed by atoms with Gasteiger partial charge in [0.25, 0.3) is 0 Å². The van der Waals surface area contributed by atoms with Gasteiger partial charge in [0.2, 0.25) is 0 Å². The van der Waals surface area contributed by atoms with Gasteiger partial charge in [-0.2, -0.15) is 0 Å². The molecule has 3 heteroatoms. The zero-order valence-electron chi connectivity index (χ0n) is 8.75. The molecule has 2 atom stereocenters. The summed E-state index contributed by atoms with van der Waals surface area (Å²) in [5.74, 6) is 0.811. The van der Waals surface area contributed by atoms with Crippen LogP contribution < -0.4 is 0 Å². The molecule has 0 aromatic rings. The Labute approximate surface area is 91.6 Å². The molecule has 0 spiro atoms. The third-order valence-corrected chi connectivity index (χ3v) is 3.74. The monoisotopic (exact) mass is 217 g/mol. The Morgan fingerprint density at radius 2 is 2.29 bits per heavy atom. The molecule has 0 bridgehead atoms. The largest absolute Gasteiger partial charge is 0.380 e. The normalized spacial score (nSPS) is 34.1. The van der Waals surface area contributed by atoms with Crippen LogP contribution in [0.15, 0.2) is 0 Å². The van der Waals surface area contributed by atoms with E-state index < -0.39 is 0 Å². The number of alkyl halides is 1. The van der Waals surface area contributed by atoms with Crippen LogP contribution in [0.1, 0.15) is 32.1 Å². The molecular formula is C11H20ClNO. The number of likely N-dealkylation sites (tertiary alicyclic amines) is 1. The van der Waals surface area contributed by atoms with Crippen LogP contribution in [-0.4, -0.2) is 42.6 Å². The molecule has 2 unspecified atom stereocenters. The summed E-state index contributed by atoms with van der Waals surface area (Å²) < 4.78 is 5.45. The first kappa shape index (κ1) is 10.7. The van der Waals surface area contributed by atoms with Crippen molar-refractivity contribution >= 4 is 11.6 Å². The third kappa shape index (κ3) is 2.41. The lowest BCUT2D eigenvalue weighted by Crippen LogP contribution is -2.39. The fourth-order valence-electron chi connectivity index (χ4n) is 2.75. The SMILES string of the molecule is ClCCCC1CCCN1C1CCOC1. The molecule has 2 saturated heterocycles. The van der Waals surface area contributed by atoms with E-state index in [-0.39, 0.29) is 0 Å². The quantitative estimate of drug-likeness (QED) is 0.670. The highest BCUT2D eigenvalue weighted by molar-refractivity contribution is 6.17. The van der Waals surface area contributed by atoms with Gasteiger partial charge in [-0.1, -0.05) is 0 Å². The van der Waals surface area contributed by atoms with Crippen molar-refractivity contribution in [3.8, 4) is 0 Å². The highest BCUT2D eigenvalue weighted by Crippen LogP contribution is 2.27. The summed E-state index contributed by atoms with van der Waals surface area (Å²) in [6.45, 7) is 3.20. The van der Waals surface area contributed by atoms with Gasteiger partial charge >= 0.3 is 0 Å². The zero-order valence-corrected chi connectivity index (χ0v) is 9.51. The Hall–Kier alpha value is 0.210. The number of hydrogen-bond donors (Lipinski definition) is 0. The topological polar surface area (TPSA) is 12.5 Å². The van der Waals surface area contributed by atoms with E-state index in [1.54, 1.807) is 0 Å². The molecule has 14 heavy (non-hydrogen) atoms. The average molecular weight is 218 g/mol. The van der Waals surface area contributed by atoms with Gasteiger partial charge in [0, 0.05) is 24.6 Å². The molecule has 2 rings (SSSR count). The standard InChI is InChI=1S/C11H20ClNO/c12-6-1-3-10-4-2-7-13(10)11-5-8-14-9-11/h10-11H,1-9H2. The summed E-state index contributed by atoms with van der Waals surface area (Å²) in [7, 11) is 0. The lowest BCUT2D eigenvalue weighted by atomic mass is 10.1. The van der Waals surface area contributed by atoms with Crippen molar-refractivity contribution in [3.05, 3.63) is 0 Å². The molecule has 0 radical (unpaired) electrons. The molecule has 2 aliphatic rings. The van der Waals surface area contributed by atoms with Gasteiger partial charge in [0.15, 0.2) is 0 Å². The number of rotatable bonds is 4. The van der Waals surface area contributed by atoms with Crippen molar-refractivity contribution in [1.29, 1.82) is 0 Å². The second kappa shape index (κ2) is 5.34. The highest BCUT2D eigenvalue weighted by atomic mass is 35.5. The van der Waals surface area contributed by atoms with Crippen molar-refractivity contribution in [2.75, 3.05) is 25.6 Å². The lowest BCUT2D eigenvalue weighted by molar-refractivity contribution is 0.131. The Bertz CT molecular complexity index is 171. The second-order valence-corrected chi connectivity index (χ2v) is 4.76. The number of nitrogens with zero attached hydrogens (tertiary/aromatic N) is 1. The zero-order chi connectivity index (χ0) is 9.80. The van der Waals surface area contributed by atoms with Crippen molar-refractivity contribution in [3.63, 3.8) is 0 Å². The van der Waals surface area contributed by atoms with Crippen LogP contribution in [0.25, 0.3) is 0 Å². The summed E-state index contributed by atoms with van der Waals surface area (Å²) in [5.41, 5.74) is 0. The molecule has 2 nitrogen and oxygen atoms in total. The molecule has 0 aromatic heterocycles. The summed E-state index contributed by atoms with van der Waals surface area (Å²) in [4.78, 5) is 2.67. The minimum absolute atomic E-state index is 0.706. The fraction of sp³-hybridized carbons (Fsp3) is 1.00. The first-order valence-corrected chi connectivity index (χ1v) is 6.34. The maximum atomic E-state index is 5.74. The van der Waals surface area contributed by atoms with Gasteiger partial charge < -0.3 is 4.74 Å². The van der Waals surface area contributed by atoms with Crippen molar-refractivity contribution in [2.24, 2.45) is 0 Å². The van der Waals surface area contributed by atoms with Gasteiger partial charge in [-0.05, 0) is 38.6 Å². The van der Waals surface area contributed by atoms with Crippen LogP contribution >= 0.6 is 11.6 Å².